The minimum Gasteiger partial charge on any atom is -0.377 e. The highest BCUT2D eigenvalue weighted by Gasteiger charge is 2.28. The molecule has 2 atom stereocenters. The van der Waals surface area contributed by atoms with Crippen LogP contribution >= 0.6 is 0 Å². The van der Waals surface area contributed by atoms with E-state index in [2.05, 4.69) is 20.5 Å². The molecule has 0 amide bonds. The molecule has 96 valence electrons. The van der Waals surface area contributed by atoms with Gasteiger partial charge in [0.1, 0.15) is 17.7 Å². The molecule has 0 aliphatic carbocycles. The standard InChI is InChI=1S/C11H15N5O2/c1-7-12-11-4-3-10(15-16(11)14-7)13-8-5-18-6-9(8)17-2/h3-4,8-9H,5-6H2,1-2H3,(H,13,15)/t8-,9+/m0/s1. The third kappa shape index (κ3) is 2.02. The maximum absolute atomic E-state index is 5.37. The Labute approximate surface area is 104 Å². The second kappa shape index (κ2) is 4.51. The molecular formula is C11H15N5O2. The van der Waals surface area contributed by atoms with Crippen molar-refractivity contribution in [1.29, 1.82) is 0 Å². The number of nitrogens with zero attached hydrogens (tertiary/aromatic N) is 4. The quantitative estimate of drug-likeness (QED) is 0.841. The number of hydrogen-bond donors (Lipinski definition) is 1. The number of ether oxygens (including phenoxy) is 2. The number of aryl methyl sites for hydroxylation is 1. The summed E-state index contributed by atoms with van der Waals surface area (Å²) in [5.74, 6) is 1.45. The molecule has 3 rings (SSSR count). The average Bonchev–Trinajstić information content (AvgIpc) is 2.93. The number of rotatable bonds is 3. The van der Waals surface area contributed by atoms with Crippen molar-refractivity contribution < 1.29 is 9.47 Å². The second-order valence-electron chi connectivity index (χ2n) is 4.29. The molecule has 0 radical (unpaired) electrons. The first-order valence-electron chi connectivity index (χ1n) is 5.84. The lowest BCUT2D eigenvalue weighted by atomic mass is 10.2. The van der Waals surface area contributed by atoms with E-state index in [4.69, 9.17) is 9.47 Å². The summed E-state index contributed by atoms with van der Waals surface area (Å²) in [6, 6.07) is 3.88. The third-order valence-corrected chi connectivity index (χ3v) is 2.98. The Morgan fingerprint density at radius 2 is 2.28 bits per heavy atom. The van der Waals surface area contributed by atoms with E-state index < -0.39 is 0 Å². The average molecular weight is 249 g/mol. The first-order chi connectivity index (χ1) is 8.76. The Hall–Kier alpha value is -1.73. The van der Waals surface area contributed by atoms with E-state index in [1.54, 1.807) is 7.11 Å². The van der Waals surface area contributed by atoms with E-state index in [1.807, 2.05) is 19.1 Å². The summed E-state index contributed by atoms with van der Waals surface area (Å²) in [5.41, 5.74) is 0.740. The van der Waals surface area contributed by atoms with Crippen molar-refractivity contribution in [2.45, 2.75) is 19.1 Å². The Balaban J connectivity index is 1.81. The fourth-order valence-corrected chi connectivity index (χ4v) is 2.06. The number of nitrogens with one attached hydrogen (secondary N) is 1. The summed E-state index contributed by atoms with van der Waals surface area (Å²) < 4.78 is 12.2. The van der Waals surface area contributed by atoms with E-state index in [1.165, 1.54) is 4.63 Å². The van der Waals surface area contributed by atoms with Gasteiger partial charge in [0.25, 0.3) is 0 Å². The van der Waals surface area contributed by atoms with Gasteiger partial charge in [0, 0.05) is 7.11 Å². The van der Waals surface area contributed by atoms with Crippen LogP contribution in [0, 0.1) is 6.92 Å². The van der Waals surface area contributed by atoms with Crippen molar-refractivity contribution in [3.05, 3.63) is 18.0 Å². The molecule has 0 unspecified atom stereocenters. The molecule has 7 nitrogen and oxygen atoms in total. The number of methoxy groups -OCH3 is 1. The van der Waals surface area contributed by atoms with E-state index >= 15 is 0 Å². The van der Waals surface area contributed by atoms with E-state index in [-0.39, 0.29) is 12.1 Å². The SMILES string of the molecule is CO[C@@H]1COC[C@@H]1Nc1ccc2nc(C)nn2n1. The minimum atomic E-state index is 0.0555. The zero-order valence-electron chi connectivity index (χ0n) is 10.3. The van der Waals surface area contributed by atoms with E-state index in [9.17, 15) is 0 Å². The zero-order valence-corrected chi connectivity index (χ0v) is 10.3. The smallest absolute Gasteiger partial charge is 0.176 e. The summed E-state index contributed by atoms with van der Waals surface area (Å²) in [4.78, 5) is 4.23. The van der Waals surface area contributed by atoms with Crippen LogP contribution in [0.1, 0.15) is 5.82 Å². The Kier molecular flexibility index (Phi) is 2.85. The van der Waals surface area contributed by atoms with Crippen LogP contribution in [0.15, 0.2) is 12.1 Å². The lowest BCUT2D eigenvalue weighted by Crippen LogP contribution is -2.33. The third-order valence-electron chi connectivity index (χ3n) is 2.98. The van der Waals surface area contributed by atoms with Gasteiger partial charge in [-0.15, -0.1) is 14.8 Å². The second-order valence-corrected chi connectivity index (χ2v) is 4.29. The summed E-state index contributed by atoms with van der Waals surface area (Å²) >= 11 is 0. The molecule has 0 saturated carbocycles. The molecule has 1 aliphatic rings. The van der Waals surface area contributed by atoms with Gasteiger partial charge in [-0.25, -0.2) is 4.98 Å². The Morgan fingerprint density at radius 1 is 1.39 bits per heavy atom. The van der Waals surface area contributed by atoms with Gasteiger partial charge in [-0.1, -0.05) is 0 Å². The summed E-state index contributed by atoms with van der Waals surface area (Å²) in [6.07, 6.45) is 0.0555. The zero-order chi connectivity index (χ0) is 12.5. The maximum atomic E-state index is 5.37. The van der Waals surface area contributed by atoms with Gasteiger partial charge in [-0.2, -0.15) is 0 Å². The predicted molar refractivity (Wildman–Crippen MR) is 64.5 cm³/mol. The molecule has 0 spiro atoms. The van der Waals surface area contributed by atoms with Crippen molar-refractivity contribution in [2.24, 2.45) is 0 Å². The van der Waals surface area contributed by atoms with Crippen LogP contribution in [-0.4, -0.2) is 52.3 Å². The van der Waals surface area contributed by atoms with Crippen molar-refractivity contribution in [2.75, 3.05) is 25.6 Å². The molecule has 3 heterocycles. The number of hydrogen-bond acceptors (Lipinski definition) is 6. The van der Waals surface area contributed by atoms with Crippen LogP contribution in [0.25, 0.3) is 5.65 Å². The van der Waals surface area contributed by atoms with Crippen molar-refractivity contribution >= 4 is 11.5 Å². The fourth-order valence-electron chi connectivity index (χ4n) is 2.06. The molecule has 1 N–H and O–H groups in total. The highest BCUT2D eigenvalue weighted by atomic mass is 16.5. The monoisotopic (exact) mass is 249 g/mol. The molecule has 7 heteroatoms. The molecule has 1 fully saturated rings. The molecule has 2 aromatic rings. The van der Waals surface area contributed by atoms with Crippen molar-refractivity contribution in [3.63, 3.8) is 0 Å². The van der Waals surface area contributed by atoms with Crippen molar-refractivity contribution in [1.82, 2.24) is 19.8 Å². The summed E-state index contributed by atoms with van der Waals surface area (Å²) in [7, 11) is 1.69. The molecule has 0 aromatic carbocycles. The van der Waals surface area contributed by atoms with Gasteiger partial charge in [-0.05, 0) is 19.1 Å². The van der Waals surface area contributed by atoms with Gasteiger partial charge < -0.3 is 14.8 Å². The first-order valence-corrected chi connectivity index (χ1v) is 5.84. The van der Waals surface area contributed by atoms with Crippen LogP contribution in [0.3, 0.4) is 0 Å². The van der Waals surface area contributed by atoms with Crippen LogP contribution in [-0.2, 0) is 9.47 Å². The lowest BCUT2D eigenvalue weighted by Gasteiger charge is -2.17. The van der Waals surface area contributed by atoms with Crippen LogP contribution in [0.4, 0.5) is 5.82 Å². The predicted octanol–water partition coefficient (Wildman–Crippen LogP) is 0.258. The van der Waals surface area contributed by atoms with Gasteiger partial charge in [-0.3, -0.25) is 0 Å². The van der Waals surface area contributed by atoms with E-state index in [0.29, 0.717) is 19.0 Å². The summed E-state index contributed by atoms with van der Waals surface area (Å²) in [5, 5.41) is 11.8. The van der Waals surface area contributed by atoms with Gasteiger partial charge in [0.05, 0.1) is 19.3 Å². The van der Waals surface area contributed by atoms with Crippen LogP contribution in [0.2, 0.25) is 0 Å². The fraction of sp³-hybridized carbons (Fsp3) is 0.545. The highest BCUT2D eigenvalue weighted by molar-refractivity contribution is 5.44. The lowest BCUT2D eigenvalue weighted by molar-refractivity contribution is 0.0795. The highest BCUT2D eigenvalue weighted by Crippen LogP contribution is 2.14. The molecule has 2 aromatic heterocycles. The van der Waals surface area contributed by atoms with Crippen LogP contribution in [0.5, 0.6) is 0 Å². The van der Waals surface area contributed by atoms with Gasteiger partial charge in [0.2, 0.25) is 0 Å². The number of anilines is 1. The molecular weight excluding hydrogens is 234 g/mol. The number of aromatic nitrogens is 4. The molecule has 1 aliphatic heterocycles. The summed E-state index contributed by atoms with van der Waals surface area (Å²) in [6.45, 7) is 3.07. The Bertz CT molecular complexity index is 555. The number of fused-ring (bicyclic) bond motifs is 1. The minimum absolute atomic E-state index is 0.0555. The maximum Gasteiger partial charge on any atom is 0.176 e. The largest absolute Gasteiger partial charge is 0.377 e. The molecule has 1 saturated heterocycles. The topological polar surface area (TPSA) is 73.6 Å². The first kappa shape index (κ1) is 11.4. The molecule has 0 bridgehead atoms. The molecule has 18 heavy (non-hydrogen) atoms. The normalized spacial score (nSPS) is 23.7. The van der Waals surface area contributed by atoms with Gasteiger partial charge >= 0.3 is 0 Å². The Morgan fingerprint density at radius 3 is 3.11 bits per heavy atom. The van der Waals surface area contributed by atoms with Crippen LogP contribution < -0.4 is 5.32 Å². The van der Waals surface area contributed by atoms with Gasteiger partial charge in [0.15, 0.2) is 5.65 Å². The van der Waals surface area contributed by atoms with Crippen molar-refractivity contribution in [3.8, 4) is 0 Å². The van der Waals surface area contributed by atoms with E-state index in [0.717, 1.165) is 11.5 Å².